The summed E-state index contributed by atoms with van der Waals surface area (Å²) in [5.74, 6) is -4.91. The standard InChI is InChI=1S/C10H16N2O8.Cr.Na.H/c13-7(14)3-11(4-8(15)16)1-2-12(5-9(17)18)6-10(19)20;;;/h1-6H2,(H,13,14)(H,15,16)(H,17,18)(H,19,20);;;. The summed E-state index contributed by atoms with van der Waals surface area (Å²) in [6, 6.07) is 0. The van der Waals surface area contributed by atoms with Crippen LogP contribution in [-0.4, -0.2) is 123 Å². The fourth-order valence-electron chi connectivity index (χ4n) is 1.48. The van der Waals surface area contributed by atoms with Crippen LogP contribution in [-0.2, 0) is 36.5 Å². The second kappa shape index (κ2) is 14.0. The molecule has 4 N–H and O–H groups in total. The van der Waals surface area contributed by atoms with Gasteiger partial charge in [0.1, 0.15) is 0 Å². The number of nitrogens with zero attached hydrogens (tertiary/aromatic N) is 2. The zero-order chi connectivity index (χ0) is 15.7. The summed E-state index contributed by atoms with van der Waals surface area (Å²) in [6.45, 7) is -2.25. The maximum atomic E-state index is 10.6. The Morgan fingerprint density at radius 1 is 0.591 bits per heavy atom. The van der Waals surface area contributed by atoms with Crippen molar-refractivity contribution in [3.8, 4) is 0 Å². The van der Waals surface area contributed by atoms with Crippen molar-refractivity contribution in [3.63, 3.8) is 0 Å². The number of hydrogen-bond acceptors (Lipinski definition) is 6. The summed E-state index contributed by atoms with van der Waals surface area (Å²) >= 11 is 0. The van der Waals surface area contributed by atoms with Gasteiger partial charge in [-0.3, -0.25) is 29.0 Å². The van der Waals surface area contributed by atoms with Crippen LogP contribution < -0.4 is 0 Å². The van der Waals surface area contributed by atoms with E-state index in [0.717, 1.165) is 9.80 Å². The Balaban J connectivity index is -0.00000180. The van der Waals surface area contributed by atoms with E-state index in [-0.39, 0.29) is 60.0 Å². The van der Waals surface area contributed by atoms with Crippen LogP contribution in [0.2, 0.25) is 0 Å². The van der Waals surface area contributed by atoms with Gasteiger partial charge in [-0.05, 0) is 0 Å². The number of carbonyl (C=O) groups is 4. The maximum absolute atomic E-state index is 10.6. The number of hydrogen-bond donors (Lipinski definition) is 4. The molecule has 0 aliphatic carbocycles. The Kier molecular flexibility index (Phi) is 16.6. The second-order valence-electron chi connectivity index (χ2n) is 4.00. The molecule has 0 spiro atoms. The van der Waals surface area contributed by atoms with Crippen LogP contribution in [0.25, 0.3) is 0 Å². The van der Waals surface area contributed by atoms with Crippen LogP contribution in [0.1, 0.15) is 0 Å². The molecule has 0 aromatic carbocycles. The molecule has 0 bridgehead atoms. The van der Waals surface area contributed by atoms with Gasteiger partial charge in [-0.15, -0.1) is 0 Å². The fourth-order valence-corrected chi connectivity index (χ4v) is 1.48. The van der Waals surface area contributed by atoms with E-state index in [0.29, 0.717) is 0 Å². The molecule has 0 amide bonds. The number of rotatable bonds is 11. The van der Waals surface area contributed by atoms with Crippen molar-refractivity contribution in [1.82, 2.24) is 9.80 Å². The zero-order valence-corrected chi connectivity index (χ0v) is 12.2. The predicted octanol–water partition coefficient (Wildman–Crippen LogP) is -2.72. The van der Waals surface area contributed by atoms with Crippen LogP contribution in [0.3, 0.4) is 0 Å². The van der Waals surface area contributed by atoms with Gasteiger partial charge in [0, 0.05) is 30.5 Å². The first-order valence-electron chi connectivity index (χ1n) is 5.52. The van der Waals surface area contributed by atoms with Gasteiger partial charge in [-0.25, -0.2) is 0 Å². The topological polar surface area (TPSA) is 156 Å². The molecule has 12 heteroatoms. The van der Waals surface area contributed by atoms with Crippen molar-refractivity contribution in [2.24, 2.45) is 0 Å². The molecule has 0 aromatic rings. The second-order valence-corrected chi connectivity index (χ2v) is 4.00. The molecule has 0 aromatic heterocycles. The Morgan fingerprint density at radius 2 is 0.773 bits per heavy atom. The Bertz CT molecular complexity index is 327. The predicted molar refractivity (Wildman–Crippen MR) is 70.6 cm³/mol. The first kappa shape index (κ1) is 26.2. The van der Waals surface area contributed by atoms with Gasteiger partial charge in [0.05, 0.1) is 26.2 Å². The van der Waals surface area contributed by atoms with E-state index >= 15 is 0 Å². The molecule has 22 heavy (non-hydrogen) atoms. The minimum absolute atomic E-state index is 0. The zero-order valence-electron chi connectivity index (χ0n) is 11.0. The summed E-state index contributed by atoms with van der Waals surface area (Å²) in [4.78, 5) is 44.4. The molecular formula is C10H17CrN2NaO8. The van der Waals surface area contributed by atoms with Crippen molar-refractivity contribution in [1.29, 1.82) is 0 Å². The number of carboxylic acids is 4. The summed E-state index contributed by atoms with van der Waals surface area (Å²) in [5.41, 5.74) is 0. The van der Waals surface area contributed by atoms with Crippen LogP contribution in [0.4, 0.5) is 0 Å². The third kappa shape index (κ3) is 15.7. The van der Waals surface area contributed by atoms with E-state index in [1.807, 2.05) is 0 Å². The first-order chi connectivity index (χ1) is 9.20. The summed E-state index contributed by atoms with van der Waals surface area (Å²) in [5, 5.41) is 34.5. The third-order valence-corrected chi connectivity index (χ3v) is 2.17. The van der Waals surface area contributed by atoms with Crippen molar-refractivity contribution in [2.45, 2.75) is 0 Å². The van der Waals surface area contributed by atoms with Gasteiger partial charge in [-0.1, -0.05) is 0 Å². The van der Waals surface area contributed by atoms with Crippen molar-refractivity contribution >= 4 is 53.4 Å². The van der Waals surface area contributed by atoms with Gasteiger partial charge in [0.2, 0.25) is 0 Å². The molecular weight excluding hydrogens is 351 g/mol. The third-order valence-electron chi connectivity index (χ3n) is 2.17. The Morgan fingerprint density at radius 3 is 0.909 bits per heavy atom. The molecule has 0 rings (SSSR count). The monoisotopic (exact) mass is 368 g/mol. The molecule has 122 valence electrons. The van der Waals surface area contributed by atoms with E-state index in [9.17, 15) is 19.2 Å². The molecule has 0 radical (unpaired) electrons. The first-order valence-corrected chi connectivity index (χ1v) is 5.52. The van der Waals surface area contributed by atoms with E-state index in [4.69, 9.17) is 20.4 Å². The van der Waals surface area contributed by atoms with Crippen LogP contribution >= 0.6 is 0 Å². The molecule has 0 aliphatic heterocycles. The fraction of sp³-hybridized carbons (Fsp3) is 0.600. The molecule has 0 saturated carbocycles. The molecule has 0 heterocycles. The van der Waals surface area contributed by atoms with E-state index in [2.05, 4.69) is 0 Å². The number of aliphatic carboxylic acids is 4. The quantitative estimate of drug-likeness (QED) is 0.283. The number of carboxylic acid groups (broad SMARTS) is 4. The average Bonchev–Trinajstić information content (AvgIpc) is 2.22. The summed E-state index contributed by atoms with van der Waals surface area (Å²) < 4.78 is 0. The van der Waals surface area contributed by atoms with Crippen molar-refractivity contribution < 1.29 is 57.0 Å². The van der Waals surface area contributed by atoms with Crippen LogP contribution in [0, 0.1) is 0 Å². The van der Waals surface area contributed by atoms with Gasteiger partial charge in [0.15, 0.2) is 0 Å². The van der Waals surface area contributed by atoms with Crippen molar-refractivity contribution in [3.05, 3.63) is 0 Å². The average molecular weight is 368 g/mol. The van der Waals surface area contributed by atoms with Gasteiger partial charge < -0.3 is 20.4 Å². The van der Waals surface area contributed by atoms with E-state index in [1.165, 1.54) is 0 Å². The van der Waals surface area contributed by atoms with E-state index < -0.39 is 50.1 Å². The van der Waals surface area contributed by atoms with E-state index in [1.54, 1.807) is 0 Å². The van der Waals surface area contributed by atoms with Gasteiger partial charge in [-0.2, -0.15) is 0 Å². The molecule has 0 aliphatic rings. The molecule has 0 unspecified atom stereocenters. The van der Waals surface area contributed by atoms with Crippen LogP contribution in [0.15, 0.2) is 0 Å². The van der Waals surface area contributed by atoms with Crippen LogP contribution in [0.5, 0.6) is 0 Å². The summed E-state index contributed by atoms with van der Waals surface area (Å²) in [6.07, 6.45) is 0. The van der Waals surface area contributed by atoms with Crippen molar-refractivity contribution in [2.75, 3.05) is 39.3 Å². The molecule has 0 fully saturated rings. The Labute approximate surface area is 159 Å². The molecule has 10 nitrogen and oxygen atoms in total. The minimum atomic E-state index is -1.23. The van der Waals surface area contributed by atoms with Gasteiger partial charge in [0.25, 0.3) is 0 Å². The van der Waals surface area contributed by atoms with Gasteiger partial charge >= 0.3 is 53.4 Å². The summed E-state index contributed by atoms with van der Waals surface area (Å²) in [7, 11) is 0. The normalized spacial score (nSPS) is 9.73. The Hall–Kier alpha value is -0.668. The molecule has 0 atom stereocenters. The SMILES string of the molecule is O=C(O)CN(CCN(CC(=O)O)CC(=O)O)CC(=O)O.[Cr].[NaH]. The molecule has 0 saturated heterocycles.